The van der Waals surface area contributed by atoms with Gasteiger partial charge in [0, 0.05) is 25.4 Å². The molecule has 1 saturated carbocycles. The lowest BCUT2D eigenvalue weighted by molar-refractivity contribution is -0.181. The molecule has 0 aromatic carbocycles. The Morgan fingerprint density at radius 2 is 1.96 bits per heavy atom. The molecule has 1 amide bonds. The third-order valence-electron chi connectivity index (χ3n) is 4.57. The topological polar surface area (TPSA) is 85.4 Å². The lowest BCUT2D eigenvalue weighted by Crippen LogP contribution is -2.36. The van der Waals surface area contributed by atoms with Gasteiger partial charge < -0.3 is 20.1 Å². The molecule has 1 aromatic rings. The van der Waals surface area contributed by atoms with E-state index in [1.807, 2.05) is 13.8 Å². The van der Waals surface area contributed by atoms with Crippen molar-refractivity contribution in [3.05, 3.63) is 17.8 Å². The molecule has 0 atom stereocenters. The van der Waals surface area contributed by atoms with E-state index in [1.165, 1.54) is 0 Å². The first-order valence-corrected chi connectivity index (χ1v) is 8.73. The second kappa shape index (κ2) is 7.44. The zero-order chi connectivity index (χ0) is 17.0. The Morgan fingerprint density at radius 1 is 1.25 bits per heavy atom. The highest BCUT2D eigenvalue weighted by molar-refractivity contribution is 5.92. The van der Waals surface area contributed by atoms with Crippen molar-refractivity contribution in [2.24, 2.45) is 5.92 Å². The van der Waals surface area contributed by atoms with E-state index in [9.17, 15) is 4.79 Å². The van der Waals surface area contributed by atoms with Gasteiger partial charge in [-0.1, -0.05) is 0 Å². The van der Waals surface area contributed by atoms with Crippen molar-refractivity contribution in [2.75, 3.05) is 25.1 Å². The average Bonchev–Trinajstić information content (AvgIpc) is 3.02. The minimum atomic E-state index is -0.304. The van der Waals surface area contributed by atoms with Gasteiger partial charge >= 0.3 is 0 Å². The normalized spacial score (nSPS) is 20.5. The van der Waals surface area contributed by atoms with Crippen LogP contribution in [0.4, 0.5) is 5.82 Å². The summed E-state index contributed by atoms with van der Waals surface area (Å²) in [5.74, 6) is 0.777. The van der Waals surface area contributed by atoms with Crippen LogP contribution in [0.2, 0.25) is 0 Å². The van der Waals surface area contributed by atoms with Crippen LogP contribution in [0.1, 0.15) is 50.0 Å². The van der Waals surface area contributed by atoms with Crippen LogP contribution < -0.4 is 10.6 Å². The number of rotatable bonds is 5. The van der Waals surface area contributed by atoms with Gasteiger partial charge in [0.25, 0.3) is 5.91 Å². The fourth-order valence-corrected chi connectivity index (χ4v) is 3.24. The zero-order valence-corrected chi connectivity index (χ0v) is 14.4. The third-order valence-corrected chi connectivity index (χ3v) is 4.57. The van der Waals surface area contributed by atoms with Gasteiger partial charge in [-0.05, 0) is 44.7 Å². The Kier molecular flexibility index (Phi) is 5.30. The summed E-state index contributed by atoms with van der Waals surface area (Å²) >= 11 is 0. The molecule has 1 saturated heterocycles. The number of nitrogens with one attached hydrogen (secondary N) is 2. The number of ether oxygens (including phenoxy) is 2. The van der Waals surface area contributed by atoms with Crippen molar-refractivity contribution in [3.63, 3.8) is 0 Å². The number of nitrogens with zero attached hydrogens (tertiary/aromatic N) is 2. The molecule has 2 fully saturated rings. The lowest BCUT2D eigenvalue weighted by Gasteiger charge is -2.35. The van der Waals surface area contributed by atoms with Gasteiger partial charge in [-0.15, -0.1) is 10.2 Å². The van der Waals surface area contributed by atoms with E-state index in [1.54, 1.807) is 12.1 Å². The number of aromatic nitrogens is 2. The molecule has 0 bridgehead atoms. The van der Waals surface area contributed by atoms with Crippen LogP contribution in [0.15, 0.2) is 12.1 Å². The number of carbonyl (C=O) groups is 1. The SMILES string of the molecule is CC(C)NC(=O)c1ccc(NCC2CCC3(CC2)OCCO3)nn1. The second-order valence-corrected chi connectivity index (χ2v) is 6.86. The highest BCUT2D eigenvalue weighted by Crippen LogP contribution is 2.38. The molecule has 7 heteroatoms. The first-order valence-electron chi connectivity index (χ1n) is 8.73. The highest BCUT2D eigenvalue weighted by atomic mass is 16.7. The number of carbonyl (C=O) groups excluding carboxylic acids is 1. The van der Waals surface area contributed by atoms with Crippen molar-refractivity contribution in [3.8, 4) is 0 Å². The van der Waals surface area contributed by atoms with Gasteiger partial charge in [-0.3, -0.25) is 4.79 Å². The van der Waals surface area contributed by atoms with Crippen LogP contribution in [-0.4, -0.2) is 47.7 Å². The quantitative estimate of drug-likeness (QED) is 0.856. The molecular weight excluding hydrogens is 308 g/mol. The summed E-state index contributed by atoms with van der Waals surface area (Å²) in [6, 6.07) is 3.58. The summed E-state index contributed by atoms with van der Waals surface area (Å²) < 4.78 is 11.5. The largest absolute Gasteiger partial charge is 0.368 e. The molecule has 1 aliphatic heterocycles. The molecule has 24 heavy (non-hydrogen) atoms. The second-order valence-electron chi connectivity index (χ2n) is 6.86. The van der Waals surface area contributed by atoms with Crippen LogP contribution >= 0.6 is 0 Å². The maximum Gasteiger partial charge on any atom is 0.271 e. The Balaban J connectivity index is 1.44. The summed E-state index contributed by atoms with van der Waals surface area (Å²) in [6.07, 6.45) is 4.07. The molecule has 0 unspecified atom stereocenters. The molecule has 1 aliphatic carbocycles. The maximum absolute atomic E-state index is 11.8. The molecule has 2 N–H and O–H groups in total. The lowest BCUT2D eigenvalue weighted by atomic mass is 9.85. The monoisotopic (exact) mass is 334 g/mol. The fraction of sp³-hybridized carbons (Fsp3) is 0.706. The average molecular weight is 334 g/mol. The van der Waals surface area contributed by atoms with E-state index in [4.69, 9.17) is 9.47 Å². The predicted octanol–water partition coefficient (Wildman–Crippen LogP) is 1.96. The molecule has 0 radical (unpaired) electrons. The van der Waals surface area contributed by atoms with Crippen LogP contribution in [0.5, 0.6) is 0 Å². The smallest absolute Gasteiger partial charge is 0.271 e. The van der Waals surface area contributed by atoms with E-state index < -0.39 is 0 Å². The van der Waals surface area contributed by atoms with Crippen LogP contribution in [0.3, 0.4) is 0 Å². The van der Waals surface area contributed by atoms with E-state index in [2.05, 4.69) is 20.8 Å². The van der Waals surface area contributed by atoms with Gasteiger partial charge in [0.05, 0.1) is 13.2 Å². The standard InChI is InChI=1S/C17H26N4O3/c1-12(2)19-16(22)14-3-4-15(21-20-14)18-11-13-5-7-17(8-6-13)23-9-10-24-17/h3-4,12-13H,5-11H2,1-2H3,(H,18,21)(H,19,22). The summed E-state index contributed by atoms with van der Waals surface area (Å²) in [5.41, 5.74) is 0.337. The summed E-state index contributed by atoms with van der Waals surface area (Å²) in [7, 11) is 0. The van der Waals surface area contributed by atoms with Crippen LogP contribution in [0, 0.1) is 5.92 Å². The Hall–Kier alpha value is -1.73. The van der Waals surface area contributed by atoms with Crippen molar-refractivity contribution < 1.29 is 14.3 Å². The molecule has 2 heterocycles. The summed E-state index contributed by atoms with van der Waals surface area (Å²) in [4.78, 5) is 11.8. The van der Waals surface area contributed by atoms with E-state index in [-0.39, 0.29) is 17.7 Å². The van der Waals surface area contributed by atoms with E-state index >= 15 is 0 Å². The molecule has 2 aliphatic rings. The molecule has 132 valence electrons. The van der Waals surface area contributed by atoms with Crippen molar-refractivity contribution in [2.45, 2.75) is 51.4 Å². The van der Waals surface area contributed by atoms with E-state index in [0.29, 0.717) is 17.4 Å². The third kappa shape index (κ3) is 4.21. The van der Waals surface area contributed by atoms with Gasteiger partial charge in [-0.2, -0.15) is 0 Å². The van der Waals surface area contributed by atoms with Crippen LogP contribution in [0.25, 0.3) is 0 Å². The predicted molar refractivity (Wildman–Crippen MR) is 89.7 cm³/mol. The van der Waals surface area contributed by atoms with Crippen LogP contribution in [-0.2, 0) is 9.47 Å². The highest BCUT2D eigenvalue weighted by Gasteiger charge is 2.40. The minimum absolute atomic E-state index is 0.0829. The van der Waals surface area contributed by atoms with E-state index in [0.717, 1.165) is 45.4 Å². The zero-order valence-electron chi connectivity index (χ0n) is 14.4. The Morgan fingerprint density at radius 3 is 2.54 bits per heavy atom. The van der Waals surface area contributed by atoms with Crippen molar-refractivity contribution in [1.29, 1.82) is 0 Å². The number of amides is 1. The Bertz CT molecular complexity index is 545. The minimum Gasteiger partial charge on any atom is -0.368 e. The molecule has 1 aromatic heterocycles. The number of hydrogen-bond donors (Lipinski definition) is 2. The van der Waals surface area contributed by atoms with Gasteiger partial charge in [-0.25, -0.2) is 0 Å². The first kappa shape index (κ1) is 17.1. The molecule has 3 rings (SSSR count). The maximum atomic E-state index is 11.8. The first-order chi connectivity index (χ1) is 11.6. The van der Waals surface area contributed by atoms with Gasteiger partial charge in [0.2, 0.25) is 0 Å². The van der Waals surface area contributed by atoms with Gasteiger partial charge in [0.15, 0.2) is 11.5 Å². The molecule has 1 spiro atoms. The summed E-state index contributed by atoms with van der Waals surface area (Å²) in [6.45, 7) is 6.11. The van der Waals surface area contributed by atoms with Crippen molar-refractivity contribution in [1.82, 2.24) is 15.5 Å². The summed E-state index contributed by atoms with van der Waals surface area (Å²) in [5, 5.41) is 14.2. The molecule has 7 nitrogen and oxygen atoms in total. The van der Waals surface area contributed by atoms with Gasteiger partial charge in [0.1, 0.15) is 5.82 Å². The number of hydrogen-bond acceptors (Lipinski definition) is 6. The Labute approximate surface area is 142 Å². The number of anilines is 1. The fourth-order valence-electron chi connectivity index (χ4n) is 3.24. The van der Waals surface area contributed by atoms with Crippen molar-refractivity contribution >= 4 is 11.7 Å². The molecular formula is C17H26N4O3.